The van der Waals surface area contributed by atoms with Crippen LogP contribution in [0.15, 0.2) is 41.0 Å². The summed E-state index contributed by atoms with van der Waals surface area (Å²) in [6.45, 7) is 13.0. The number of ether oxygens (including phenoxy) is 3. The standard InChI is InChI=1S/C33H36O8/c1-16(2)8-9-20-26-19(11-12-30(4,5)39-26)24(34)23-25(35)21-14-18-15-22-31(6,7)41-32(28(18)36,13-10-17(3)29(37)38)33(21,22)40-27(20)23/h8,10-12,14,18,22,34H,9,13,15H2,1-7H3,(H,37,38)/b17-10+/t18?,22?,32-,33+/m0/s1. The van der Waals surface area contributed by atoms with Crippen molar-refractivity contribution in [2.75, 3.05) is 0 Å². The summed E-state index contributed by atoms with van der Waals surface area (Å²) in [5.74, 6) is -2.29. The number of aromatic hydroxyl groups is 1. The number of phenolic OH excluding ortho intramolecular Hbond substituents is 1. The lowest BCUT2D eigenvalue weighted by Crippen LogP contribution is -2.72. The van der Waals surface area contributed by atoms with Crippen LogP contribution in [-0.2, 0) is 20.7 Å². The van der Waals surface area contributed by atoms with Gasteiger partial charge in [-0.1, -0.05) is 23.8 Å². The number of hydrogen-bond acceptors (Lipinski definition) is 7. The number of carbonyl (C=O) groups is 3. The van der Waals surface area contributed by atoms with E-state index in [4.69, 9.17) is 14.2 Å². The Morgan fingerprint density at radius 2 is 1.78 bits per heavy atom. The van der Waals surface area contributed by atoms with Gasteiger partial charge in [0.1, 0.15) is 28.4 Å². The van der Waals surface area contributed by atoms with Crippen molar-refractivity contribution in [1.82, 2.24) is 0 Å². The fourth-order valence-corrected chi connectivity index (χ4v) is 7.44. The summed E-state index contributed by atoms with van der Waals surface area (Å²) < 4.78 is 20.1. The Labute approximate surface area is 239 Å². The van der Waals surface area contributed by atoms with Gasteiger partial charge in [0.2, 0.25) is 0 Å². The van der Waals surface area contributed by atoms with Crippen molar-refractivity contribution in [1.29, 1.82) is 0 Å². The number of ketones is 2. The second kappa shape index (κ2) is 8.44. The van der Waals surface area contributed by atoms with Crippen LogP contribution in [0.1, 0.15) is 82.8 Å². The molecule has 7 rings (SSSR count). The van der Waals surface area contributed by atoms with E-state index in [1.54, 1.807) is 12.2 Å². The highest BCUT2D eigenvalue weighted by atomic mass is 16.6. The van der Waals surface area contributed by atoms with Gasteiger partial charge in [0.15, 0.2) is 22.8 Å². The third kappa shape index (κ3) is 3.52. The van der Waals surface area contributed by atoms with Crippen LogP contribution in [0.3, 0.4) is 0 Å². The minimum Gasteiger partial charge on any atom is -0.506 e. The van der Waals surface area contributed by atoms with Crippen LogP contribution in [0.25, 0.3) is 6.08 Å². The van der Waals surface area contributed by atoms with Crippen molar-refractivity contribution in [3.05, 3.63) is 57.7 Å². The molecular weight excluding hydrogens is 524 g/mol. The van der Waals surface area contributed by atoms with Crippen LogP contribution in [0.5, 0.6) is 17.2 Å². The third-order valence-corrected chi connectivity index (χ3v) is 9.37. The van der Waals surface area contributed by atoms with E-state index in [1.807, 2.05) is 53.7 Å². The Kier molecular flexibility index (Phi) is 5.67. The van der Waals surface area contributed by atoms with Crippen LogP contribution in [-0.4, -0.2) is 50.2 Å². The second-order valence-corrected chi connectivity index (χ2v) is 13.2. The molecule has 1 spiro atoms. The molecule has 0 radical (unpaired) electrons. The third-order valence-electron chi connectivity index (χ3n) is 9.37. The minimum atomic E-state index is -1.61. The predicted molar refractivity (Wildman–Crippen MR) is 151 cm³/mol. The highest BCUT2D eigenvalue weighted by Gasteiger charge is 2.81. The fraction of sp³-hybridized carbons (Fsp3) is 0.485. The molecule has 4 atom stereocenters. The smallest absolute Gasteiger partial charge is 0.330 e. The van der Waals surface area contributed by atoms with Gasteiger partial charge in [-0.15, -0.1) is 0 Å². The first kappa shape index (κ1) is 27.5. The number of carboxylic acid groups (broad SMARTS) is 1. The van der Waals surface area contributed by atoms with Crippen molar-refractivity contribution in [2.45, 2.75) is 90.1 Å². The molecule has 0 aromatic heterocycles. The Hall–Kier alpha value is -3.65. The van der Waals surface area contributed by atoms with Gasteiger partial charge in [0.25, 0.3) is 0 Å². The first-order valence-electron chi connectivity index (χ1n) is 14.1. The average molecular weight is 561 g/mol. The molecule has 216 valence electrons. The van der Waals surface area contributed by atoms with E-state index >= 15 is 0 Å². The molecule has 3 aliphatic carbocycles. The van der Waals surface area contributed by atoms with Crippen molar-refractivity contribution in [3.8, 4) is 17.2 Å². The van der Waals surface area contributed by atoms with Gasteiger partial charge >= 0.3 is 5.97 Å². The number of carbonyl (C=O) groups excluding carboxylic acids is 2. The van der Waals surface area contributed by atoms with Gasteiger partial charge in [-0.05, 0) is 73.5 Å². The first-order valence-corrected chi connectivity index (χ1v) is 14.1. The van der Waals surface area contributed by atoms with Gasteiger partial charge in [-0.25, -0.2) is 4.79 Å². The lowest BCUT2D eigenvalue weighted by Gasteiger charge is -2.56. The molecule has 1 aromatic rings. The topological polar surface area (TPSA) is 119 Å². The summed E-state index contributed by atoms with van der Waals surface area (Å²) in [7, 11) is 0. The number of allylic oxidation sites excluding steroid dienone is 3. The summed E-state index contributed by atoms with van der Waals surface area (Å²) in [6, 6.07) is 0. The molecule has 8 nitrogen and oxygen atoms in total. The van der Waals surface area contributed by atoms with E-state index in [0.717, 1.165) is 5.57 Å². The molecule has 1 aromatic carbocycles. The molecule has 0 amide bonds. The van der Waals surface area contributed by atoms with Crippen LogP contribution >= 0.6 is 0 Å². The monoisotopic (exact) mass is 560 g/mol. The summed E-state index contributed by atoms with van der Waals surface area (Å²) in [4.78, 5) is 40.4. The van der Waals surface area contributed by atoms with E-state index in [-0.39, 0.29) is 40.8 Å². The normalized spacial score (nSPS) is 31.4. The number of carboxylic acids is 1. The maximum atomic E-state index is 14.5. The predicted octanol–water partition coefficient (Wildman–Crippen LogP) is 5.51. The minimum absolute atomic E-state index is 0.0513. The summed E-state index contributed by atoms with van der Waals surface area (Å²) in [5.41, 5.74) is -2.14. The van der Waals surface area contributed by atoms with E-state index in [0.29, 0.717) is 35.3 Å². The number of fused-ring (bicyclic) bond motifs is 2. The fourth-order valence-electron chi connectivity index (χ4n) is 7.44. The quantitative estimate of drug-likeness (QED) is 0.357. The summed E-state index contributed by atoms with van der Waals surface area (Å²) >= 11 is 0. The van der Waals surface area contributed by atoms with Crippen molar-refractivity contribution < 1.29 is 38.8 Å². The molecular formula is C33H36O8. The highest BCUT2D eigenvalue weighted by molar-refractivity contribution is 6.19. The number of hydrogen-bond donors (Lipinski definition) is 2. The van der Waals surface area contributed by atoms with Gasteiger partial charge in [-0.3, -0.25) is 9.59 Å². The molecule has 3 aliphatic heterocycles. The Morgan fingerprint density at radius 3 is 2.44 bits per heavy atom. The zero-order chi connectivity index (χ0) is 29.9. The second-order valence-electron chi connectivity index (χ2n) is 13.2. The molecule has 8 heteroatoms. The molecule has 4 bridgehead atoms. The van der Waals surface area contributed by atoms with Crippen molar-refractivity contribution in [3.63, 3.8) is 0 Å². The van der Waals surface area contributed by atoms with E-state index in [9.17, 15) is 24.6 Å². The molecule has 1 saturated carbocycles. The van der Waals surface area contributed by atoms with Gasteiger partial charge < -0.3 is 24.4 Å². The molecule has 3 heterocycles. The zero-order valence-corrected chi connectivity index (χ0v) is 24.5. The largest absolute Gasteiger partial charge is 0.506 e. The maximum absolute atomic E-state index is 14.5. The average Bonchev–Trinajstić information content (AvgIpc) is 3.03. The molecule has 1 saturated heterocycles. The zero-order valence-electron chi connectivity index (χ0n) is 24.5. The molecule has 41 heavy (non-hydrogen) atoms. The SMILES string of the molecule is CC(C)=CCc1c2c(c(O)c3c1O[C@]14C(=CC5CC1C(C)(C)O[C@@]4(C/C=C(\C)C(=O)O)C5=O)C3=O)C=CC(C)(C)O2. The highest BCUT2D eigenvalue weighted by Crippen LogP contribution is 2.68. The lowest BCUT2D eigenvalue weighted by atomic mass is 9.51. The molecule has 2 N–H and O–H groups in total. The number of aliphatic carboxylic acids is 1. The summed E-state index contributed by atoms with van der Waals surface area (Å²) in [5, 5.41) is 21.1. The molecule has 6 aliphatic rings. The molecule has 2 fully saturated rings. The van der Waals surface area contributed by atoms with E-state index in [2.05, 4.69) is 0 Å². The van der Waals surface area contributed by atoms with E-state index < -0.39 is 40.1 Å². The van der Waals surface area contributed by atoms with Crippen LogP contribution in [0.4, 0.5) is 0 Å². The lowest BCUT2D eigenvalue weighted by molar-refractivity contribution is -0.171. The Bertz CT molecular complexity index is 1560. The number of phenols is 1. The first-order chi connectivity index (χ1) is 19.1. The van der Waals surface area contributed by atoms with Gasteiger partial charge in [0.05, 0.1) is 11.2 Å². The molecule has 2 unspecified atom stereocenters. The van der Waals surface area contributed by atoms with Gasteiger partial charge in [0, 0.05) is 35.0 Å². The van der Waals surface area contributed by atoms with Crippen LogP contribution < -0.4 is 9.47 Å². The maximum Gasteiger partial charge on any atom is 0.330 e. The summed E-state index contributed by atoms with van der Waals surface area (Å²) in [6.07, 6.45) is 9.54. The number of rotatable bonds is 5. The van der Waals surface area contributed by atoms with Crippen molar-refractivity contribution >= 4 is 23.6 Å². The van der Waals surface area contributed by atoms with Crippen LogP contribution in [0, 0.1) is 11.8 Å². The number of benzene rings is 1. The van der Waals surface area contributed by atoms with E-state index in [1.165, 1.54) is 13.0 Å². The Morgan fingerprint density at radius 1 is 1.07 bits per heavy atom. The van der Waals surface area contributed by atoms with Crippen LogP contribution in [0.2, 0.25) is 0 Å². The van der Waals surface area contributed by atoms with Crippen molar-refractivity contribution in [2.24, 2.45) is 11.8 Å². The van der Waals surface area contributed by atoms with Gasteiger partial charge in [-0.2, -0.15) is 0 Å². The number of Topliss-reactive ketones (excluding diaryl/α,β-unsaturated/α-hetero) is 2. The Balaban J connectivity index is 1.66.